The molecule has 1 aliphatic carbocycles. The van der Waals surface area contributed by atoms with Crippen molar-refractivity contribution in [2.75, 3.05) is 0 Å². The molecule has 6 nitrogen and oxygen atoms in total. The van der Waals surface area contributed by atoms with Crippen LogP contribution in [-0.2, 0) is 4.79 Å². The lowest BCUT2D eigenvalue weighted by atomic mass is 10.1. The monoisotopic (exact) mass is 285 g/mol. The zero-order chi connectivity index (χ0) is 14.4. The van der Waals surface area contributed by atoms with Gasteiger partial charge in [0.05, 0.1) is 4.92 Å². The second-order valence-corrected chi connectivity index (χ2v) is 5.48. The number of benzene rings is 1. The van der Waals surface area contributed by atoms with E-state index in [4.69, 9.17) is 21.4 Å². The van der Waals surface area contributed by atoms with Crippen molar-refractivity contribution in [1.82, 2.24) is 0 Å². The van der Waals surface area contributed by atoms with Gasteiger partial charge in [0.2, 0.25) is 0 Å². The van der Waals surface area contributed by atoms with Crippen LogP contribution in [0.1, 0.15) is 13.8 Å². The lowest BCUT2D eigenvalue weighted by Crippen LogP contribution is -2.08. The number of aliphatic carboxylic acids is 1. The molecule has 1 N–H and O–H groups in total. The third kappa shape index (κ3) is 2.35. The number of halogens is 1. The van der Waals surface area contributed by atoms with Gasteiger partial charge in [-0.2, -0.15) is 0 Å². The Balaban J connectivity index is 2.26. The zero-order valence-electron chi connectivity index (χ0n) is 10.3. The number of hydrogen-bond donors (Lipinski definition) is 1. The van der Waals surface area contributed by atoms with Gasteiger partial charge in [-0.1, -0.05) is 25.4 Å². The first-order chi connectivity index (χ1) is 8.75. The minimum absolute atomic E-state index is 0.0382. The summed E-state index contributed by atoms with van der Waals surface area (Å²) in [5.41, 5.74) is -0.807. The lowest BCUT2D eigenvalue weighted by molar-refractivity contribution is -0.386. The van der Waals surface area contributed by atoms with E-state index >= 15 is 0 Å². The molecule has 19 heavy (non-hydrogen) atoms. The third-order valence-electron chi connectivity index (χ3n) is 3.37. The van der Waals surface area contributed by atoms with E-state index in [9.17, 15) is 14.9 Å². The van der Waals surface area contributed by atoms with Crippen molar-refractivity contribution in [2.45, 2.75) is 20.0 Å². The van der Waals surface area contributed by atoms with Crippen LogP contribution < -0.4 is 4.74 Å². The molecule has 1 aliphatic rings. The molecule has 0 aromatic heterocycles. The van der Waals surface area contributed by atoms with Crippen LogP contribution in [0.5, 0.6) is 5.75 Å². The molecule has 1 fully saturated rings. The Morgan fingerprint density at radius 1 is 1.53 bits per heavy atom. The molecule has 2 atom stereocenters. The normalized spacial score (nSPS) is 23.7. The molecule has 2 unspecified atom stereocenters. The molecular weight excluding hydrogens is 274 g/mol. The Labute approximate surface area is 114 Å². The van der Waals surface area contributed by atoms with Crippen LogP contribution in [0.25, 0.3) is 0 Å². The van der Waals surface area contributed by atoms with E-state index in [1.54, 1.807) is 13.8 Å². The van der Waals surface area contributed by atoms with Crippen LogP contribution in [0.4, 0.5) is 5.69 Å². The van der Waals surface area contributed by atoms with Crippen LogP contribution in [-0.4, -0.2) is 22.1 Å². The van der Waals surface area contributed by atoms with Gasteiger partial charge in [-0.3, -0.25) is 14.9 Å². The van der Waals surface area contributed by atoms with Gasteiger partial charge in [0.1, 0.15) is 12.0 Å². The van der Waals surface area contributed by atoms with E-state index in [1.165, 1.54) is 18.2 Å². The van der Waals surface area contributed by atoms with Crippen LogP contribution in [0, 0.1) is 21.4 Å². The Morgan fingerprint density at radius 3 is 2.63 bits per heavy atom. The molecule has 0 spiro atoms. The maximum absolute atomic E-state index is 11.0. The van der Waals surface area contributed by atoms with Crippen molar-refractivity contribution >= 4 is 23.3 Å². The summed E-state index contributed by atoms with van der Waals surface area (Å²) in [6.45, 7) is 3.50. The van der Waals surface area contributed by atoms with E-state index in [-0.39, 0.29) is 16.5 Å². The average molecular weight is 286 g/mol. The first-order valence-electron chi connectivity index (χ1n) is 5.58. The summed E-state index contributed by atoms with van der Waals surface area (Å²) >= 11 is 5.69. The van der Waals surface area contributed by atoms with Crippen molar-refractivity contribution < 1.29 is 19.6 Å². The van der Waals surface area contributed by atoms with Crippen molar-refractivity contribution in [2.24, 2.45) is 11.3 Å². The molecule has 0 bridgehead atoms. The lowest BCUT2D eigenvalue weighted by Gasteiger charge is -2.07. The van der Waals surface area contributed by atoms with Crippen molar-refractivity contribution in [3.05, 3.63) is 33.3 Å². The molecular formula is C12H12ClNO5. The highest BCUT2D eigenvalue weighted by Crippen LogP contribution is 2.54. The predicted molar refractivity (Wildman–Crippen MR) is 67.4 cm³/mol. The Hall–Kier alpha value is -1.82. The fourth-order valence-corrected chi connectivity index (χ4v) is 2.29. The fraction of sp³-hybridized carbons (Fsp3) is 0.417. The minimum Gasteiger partial charge on any atom is -0.482 e. The molecule has 1 aromatic rings. The highest BCUT2D eigenvalue weighted by Gasteiger charge is 2.65. The molecule has 0 amide bonds. The number of nitrogens with zero attached hydrogens (tertiary/aromatic N) is 1. The van der Waals surface area contributed by atoms with Gasteiger partial charge in [-0.05, 0) is 12.1 Å². The zero-order valence-corrected chi connectivity index (χ0v) is 11.0. The van der Waals surface area contributed by atoms with E-state index < -0.39 is 28.3 Å². The first-order valence-corrected chi connectivity index (χ1v) is 5.96. The number of carboxylic acid groups (broad SMARTS) is 1. The largest absolute Gasteiger partial charge is 0.482 e. The number of nitro groups is 1. The van der Waals surface area contributed by atoms with E-state index in [0.29, 0.717) is 0 Å². The average Bonchev–Trinajstić information content (AvgIpc) is 2.82. The van der Waals surface area contributed by atoms with E-state index in [1.807, 2.05) is 0 Å². The van der Waals surface area contributed by atoms with Gasteiger partial charge >= 0.3 is 11.7 Å². The summed E-state index contributed by atoms with van der Waals surface area (Å²) in [6.07, 6.45) is -0.579. The topological polar surface area (TPSA) is 89.7 Å². The van der Waals surface area contributed by atoms with Gasteiger partial charge in [0.25, 0.3) is 0 Å². The highest BCUT2D eigenvalue weighted by atomic mass is 35.5. The SMILES string of the molecule is CC1(C)C(Oc2ccc(Cl)cc2[N+](=O)[O-])C1C(=O)O. The Bertz CT molecular complexity index is 557. The van der Waals surface area contributed by atoms with Gasteiger partial charge in [-0.15, -0.1) is 0 Å². The van der Waals surface area contributed by atoms with Gasteiger partial charge in [-0.25, -0.2) is 0 Å². The van der Waals surface area contributed by atoms with Crippen LogP contribution >= 0.6 is 11.6 Å². The van der Waals surface area contributed by atoms with Crippen LogP contribution in [0.3, 0.4) is 0 Å². The molecule has 1 aromatic carbocycles. The molecule has 7 heteroatoms. The van der Waals surface area contributed by atoms with Gasteiger partial charge in [0.15, 0.2) is 5.75 Å². The third-order valence-corrected chi connectivity index (χ3v) is 3.60. The van der Waals surface area contributed by atoms with Crippen LogP contribution in [0.15, 0.2) is 18.2 Å². The minimum atomic E-state index is -0.966. The first kappa shape index (κ1) is 13.6. The molecule has 1 saturated carbocycles. The van der Waals surface area contributed by atoms with Crippen molar-refractivity contribution in [3.63, 3.8) is 0 Å². The van der Waals surface area contributed by atoms with Crippen molar-refractivity contribution in [3.8, 4) is 5.75 Å². The summed E-state index contributed by atoms with van der Waals surface area (Å²) in [5.74, 6) is -1.59. The predicted octanol–water partition coefficient (Wildman–Crippen LogP) is 2.74. The second-order valence-electron chi connectivity index (χ2n) is 5.04. The molecule has 0 radical (unpaired) electrons. The molecule has 2 rings (SSSR count). The second kappa shape index (κ2) is 4.38. The Morgan fingerprint density at radius 2 is 2.16 bits per heavy atom. The summed E-state index contributed by atoms with van der Waals surface area (Å²) < 4.78 is 5.48. The number of ether oxygens (including phenoxy) is 1. The number of carboxylic acids is 1. The molecule has 0 saturated heterocycles. The number of nitro benzene ring substituents is 1. The summed E-state index contributed by atoms with van der Waals surface area (Å²) in [7, 11) is 0. The standard InChI is InChI=1S/C12H12ClNO5/c1-12(2)9(11(15)16)10(12)19-8-4-3-6(13)5-7(8)14(17)18/h3-5,9-10H,1-2H3,(H,15,16). The van der Waals surface area contributed by atoms with E-state index in [2.05, 4.69) is 0 Å². The van der Waals surface area contributed by atoms with Crippen LogP contribution in [0.2, 0.25) is 5.02 Å². The molecule has 0 heterocycles. The van der Waals surface area contributed by atoms with E-state index in [0.717, 1.165) is 0 Å². The molecule has 0 aliphatic heterocycles. The number of carbonyl (C=O) groups is 1. The smallest absolute Gasteiger partial charge is 0.312 e. The molecule has 102 valence electrons. The van der Waals surface area contributed by atoms with Gasteiger partial charge < -0.3 is 9.84 Å². The highest BCUT2D eigenvalue weighted by molar-refractivity contribution is 6.30. The summed E-state index contributed by atoms with van der Waals surface area (Å²) in [5, 5.41) is 20.2. The fourth-order valence-electron chi connectivity index (χ4n) is 2.13. The Kier molecular flexibility index (Phi) is 3.14. The maximum Gasteiger partial charge on any atom is 0.312 e. The summed E-state index contributed by atoms with van der Waals surface area (Å²) in [4.78, 5) is 21.3. The maximum atomic E-state index is 11.0. The summed E-state index contributed by atoms with van der Waals surface area (Å²) in [6, 6.07) is 4.03. The van der Waals surface area contributed by atoms with Gasteiger partial charge in [0, 0.05) is 16.5 Å². The number of rotatable bonds is 4. The quantitative estimate of drug-likeness (QED) is 0.678. The number of hydrogen-bond acceptors (Lipinski definition) is 4. The van der Waals surface area contributed by atoms with Crippen molar-refractivity contribution in [1.29, 1.82) is 0 Å².